The van der Waals surface area contributed by atoms with Gasteiger partial charge in [-0.1, -0.05) is 45.0 Å². The lowest BCUT2D eigenvalue weighted by Crippen LogP contribution is -2.39. The summed E-state index contributed by atoms with van der Waals surface area (Å²) in [4.78, 5) is 17.6. The molecular formula is C20H34N4O2. The Morgan fingerprint density at radius 3 is 2.31 bits per heavy atom. The maximum Gasteiger partial charge on any atom is 0.223 e. The average Bonchev–Trinajstić information content (AvgIpc) is 2.58. The van der Waals surface area contributed by atoms with Crippen LogP contribution in [0.3, 0.4) is 0 Å². The highest BCUT2D eigenvalue weighted by molar-refractivity contribution is 5.81. The zero-order valence-corrected chi connectivity index (χ0v) is 17.0. The fraction of sp³-hybridized carbons (Fsp3) is 0.600. The molecule has 3 N–H and O–H groups in total. The number of aliphatic imine (C=N–C) groups is 1. The number of amides is 1. The van der Waals surface area contributed by atoms with Crippen LogP contribution in [-0.4, -0.2) is 55.6 Å². The van der Waals surface area contributed by atoms with Crippen molar-refractivity contribution in [2.45, 2.75) is 45.6 Å². The van der Waals surface area contributed by atoms with Gasteiger partial charge in [-0.25, -0.2) is 0 Å². The molecule has 0 aliphatic rings. The molecular weight excluding hydrogens is 328 g/mol. The number of nitrogens with one attached hydrogen (secondary N) is 2. The summed E-state index contributed by atoms with van der Waals surface area (Å²) >= 11 is 0. The molecule has 1 rings (SSSR count). The van der Waals surface area contributed by atoms with Crippen LogP contribution < -0.4 is 10.6 Å². The normalized spacial score (nSPS) is 13.3. The van der Waals surface area contributed by atoms with Crippen LogP contribution in [-0.2, 0) is 10.2 Å². The lowest BCUT2D eigenvalue weighted by Gasteiger charge is -2.20. The number of hydrogen-bond donors (Lipinski definition) is 3. The van der Waals surface area contributed by atoms with Gasteiger partial charge < -0.3 is 20.6 Å². The number of carbonyl (C=O) groups is 1. The van der Waals surface area contributed by atoms with Crippen molar-refractivity contribution in [3.05, 3.63) is 35.4 Å². The zero-order valence-electron chi connectivity index (χ0n) is 17.0. The molecule has 1 atom stereocenters. The summed E-state index contributed by atoms with van der Waals surface area (Å²) in [5.74, 6) is 0.664. The van der Waals surface area contributed by atoms with E-state index in [9.17, 15) is 9.90 Å². The van der Waals surface area contributed by atoms with Gasteiger partial charge in [-0.15, -0.1) is 0 Å². The number of guanidine groups is 1. The molecule has 6 heteroatoms. The van der Waals surface area contributed by atoms with Crippen molar-refractivity contribution in [3.8, 4) is 0 Å². The number of aliphatic hydroxyl groups excluding tert-OH is 1. The highest BCUT2D eigenvalue weighted by atomic mass is 16.3. The number of nitrogens with zero attached hydrogens (tertiary/aromatic N) is 2. The molecule has 1 unspecified atom stereocenters. The Morgan fingerprint density at radius 1 is 1.19 bits per heavy atom. The molecule has 1 amide bonds. The second-order valence-electron chi connectivity index (χ2n) is 7.57. The van der Waals surface area contributed by atoms with Crippen LogP contribution in [0.25, 0.3) is 0 Å². The van der Waals surface area contributed by atoms with Crippen LogP contribution in [0.15, 0.2) is 29.3 Å². The van der Waals surface area contributed by atoms with E-state index in [1.807, 2.05) is 19.1 Å². The molecule has 0 bridgehead atoms. The van der Waals surface area contributed by atoms with Gasteiger partial charge in [0.25, 0.3) is 0 Å². The van der Waals surface area contributed by atoms with E-state index in [1.165, 1.54) is 5.56 Å². The summed E-state index contributed by atoms with van der Waals surface area (Å²) in [6, 6.07) is 8.02. The summed E-state index contributed by atoms with van der Waals surface area (Å²) in [5.41, 5.74) is 2.17. The van der Waals surface area contributed by atoms with Gasteiger partial charge in [0, 0.05) is 33.6 Å². The first-order chi connectivity index (χ1) is 12.1. The summed E-state index contributed by atoms with van der Waals surface area (Å²) in [6.45, 7) is 9.94. The summed E-state index contributed by atoms with van der Waals surface area (Å²) in [5, 5.41) is 16.6. The number of aliphatic hydroxyl groups is 1. The Balaban J connectivity index is 2.63. The predicted octanol–water partition coefficient (Wildman–Crippen LogP) is 2.05. The van der Waals surface area contributed by atoms with E-state index in [4.69, 9.17) is 0 Å². The molecule has 26 heavy (non-hydrogen) atoms. The van der Waals surface area contributed by atoms with Crippen LogP contribution in [0.4, 0.5) is 0 Å². The van der Waals surface area contributed by atoms with E-state index in [-0.39, 0.29) is 17.9 Å². The predicted molar refractivity (Wildman–Crippen MR) is 107 cm³/mol. The zero-order chi connectivity index (χ0) is 19.7. The molecule has 0 aliphatic carbocycles. The minimum absolute atomic E-state index is 0.0623. The van der Waals surface area contributed by atoms with Crippen molar-refractivity contribution in [3.63, 3.8) is 0 Å². The van der Waals surface area contributed by atoms with Crippen molar-refractivity contribution in [1.29, 1.82) is 0 Å². The van der Waals surface area contributed by atoms with E-state index in [0.29, 0.717) is 25.5 Å². The van der Waals surface area contributed by atoms with Gasteiger partial charge in [-0.3, -0.25) is 9.79 Å². The fourth-order valence-electron chi connectivity index (χ4n) is 2.34. The third kappa shape index (κ3) is 7.44. The SMILES string of the molecule is CCNC(=NCC(O)c1ccc(C(C)(C)C)cc1)NCCC(=O)N(C)C. The Hall–Kier alpha value is -2.08. The Morgan fingerprint density at radius 2 is 1.81 bits per heavy atom. The minimum atomic E-state index is -0.664. The summed E-state index contributed by atoms with van der Waals surface area (Å²) in [6.07, 6.45) is -0.267. The molecule has 0 saturated heterocycles. The van der Waals surface area contributed by atoms with Crippen LogP contribution in [0.5, 0.6) is 0 Å². The van der Waals surface area contributed by atoms with Crippen LogP contribution in [0.1, 0.15) is 51.3 Å². The van der Waals surface area contributed by atoms with Crippen molar-refractivity contribution < 1.29 is 9.90 Å². The van der Waals surface area contributed by atoms with Gasteiger partial charge in [0.15, 0.2) is 5.96 Å². The maximum absolute atomic E-state index is 11.6. The first kappa shape index (κ1) is 22.0. The molecule has 146 valence electrons. The molecule has 0 fully saturated rings. The van der Waals surface area contributed by atoms with Crippen LogP contribution in [0, 0.1) is 0 Å². The molecule has 0 radical (unpaired) electrons. The highest BCUT2D eigenvalue weighted by Crippen LogP contribution is 2.24. The quantitative estimate of drug-likeness (QED) is 0.512. The summed E-state index contributed by atoms with van der Waals surface area (Å²) in [7, 11) is 3.48. The monoisotopic (exact) mass is 362 g/mol. The molecule has 6 nitrogen and oxygen atoms in total. The number of carbonyl (C=O) groups excluding carboxylic acids is 1. The lowest BCUT2D eigenvalue weighted by molar-refractivity contribution is -0.128. The molecule has 1 aromatic rings. The molecule has 1 aromatic carbocycles. The second-order valence-corrected chi connectivity index (χ2v) is 7.57. The maximum atomic E-state index is 11.6. The topological polar surface area (TPSA) is 77.0 Å². The lowest BCUT2D eigenvalue weighted by atomic mass is 9.86. The average molecular weight is 363 g/mol. The number of rotatable bonds is 7. The fourth-order valence-corrected chi connectivity index (χ4v) is 2.34. The van der Waals surface area contributed by atoms with E-state index in [2.05, 4.69) is 48.5 Å². The van der Waals surface area contributed by atoms with E-state index >= 15 is 0 Å². The summed E-state index contributed by atoms with van der Waals surface area (Å²) < 4.78 is 0. The van der Waals surface area contributed by atoms with E-state index in [0.717, 1.165) is 5.56 Å². The largest absolute Gasteiger partial charge is 0.386 e. The van der Waals surface area contributed by atoms with Gasteiger partial charge in [0.2, 0.25) is 5.91 Å². The number of hydrogen-bond acceptors (Lipinski definition) is 3. The van der Waals surface area contributed by atoms with Gasteiger partial charge in [0.05, 0.1) is 12.6 Å². The minimum Gasteiger partial charge on any atom is -0.386 e. The van der Waals surface area contributed by atoms with E-state index in [1.54, 1.807) is 19.0 Å². The van der Waals surface area contributed by atoms with Gasteiger partial charge >= 0.3 is 0 Å². The molecule has 0 aliphatic heterocycles. The van der Waals surface area contributed by atoms with E-state index < -0.39 is 6.10 Å². The van der Waals surface area contributed by atoms with Crippen molar-refractivity contribution in [2.24, 2.45) is 4.99 Å². The molecule has 0 saturated carbocycles. The van der Waals surface area contributed by atoms with Crippen molar-refractivity contribution in [1.82, 2.24) is 15.5 Å². The van der Waals surface area contributed by atoms with Crippen LogP contribution in [0.2, 0.25) is 0 Å². The third-order valence-corrected chi connectivity index (χ3v) is 4.06. The molecule has 0 aromatic heterocycles. The molecule has 0 spiro atoms. The van der Waals surface area contributed by atoms with Crippen molar-refractivity contribution >= 4 is 11.9 Å². The molecule has 0 heterocycles. The Kier molecular flexibility index (Phi) is 8.58. The number of benzene rings is 1. The second kappa shape index (κ2) is 10.2. The Labute approximate surface area is 157 Å². The third-order valence-electron chi connectivity index (χ3n) is 4.06. The van der Waals surface area contributed by atoms with Crippen LogP contribution >= 0.6 is 0 Å². The smallest absolute Gasteiger partial charge is 0.223 e. The highest BCUT2D eigenvalue weighted by Gasteiger charge is 2.14. The first-order valence-corrected chi connectivity index (χ1v) is 9.16. The van der Waals surface area contributed by atoms with Crippen molar-refractivity contribution in [2.75, 3.05) is 33.7 Å². The standard InChI is InChI=1S/C20H34N4O2/c1-7-21-19(22-13-12-18(26)24(5)6)23-14-17(25)15-8-10-16(11-9-15)20(2,3)4/h8-11,17,25H,7,12-14H2,1-6H3,(H2,21,22,23). The van der Waals surface area contributed by atoms with Gasteiger partial charge in [0.1, 0.15) is 0 Å². The first-order valence-electron chi connectivity index (χ1n) is 9.16. The van der Waals surface area contributed by atoms with Gasteiger partial charge in [-0.2, -0.15) is 0 Å². The Bertz CT molecular complexity index is 589. The van der Waals surface area contributed by atoms with Gasteiger partial charge in [-0.05, 0) is 23.5 Å².